The maximum Gasteiger partial charge on any atom is 0.220 e. The predicted octanol–water partition coefficient (Wildman–Crippen LogP) is 24.7. The number of aliphatic hydroxyl groups excluding tert-OH is 2. The van der Waals surface area contributed by atoms with Crippen molar-refractivity contribution in [2.75, 3.05) is 6.61 Å². The number of unbranched alkanes of at least 4 members (excludes halogenated alkanes) is 40. The van der Waals surface area contributed by atoms with E-state index >= 15 is 0 Å². The molecule has 4 heteroatoms. The van der Waals surface area contributed by atoms with E-state index in [1.54, 1.807) is 6.08 Å². The molecule has 3 N–H and O–H groups in total. The van der Waals surface area contributed by atoms with Crippen LogP contribution in [0.3, 0.4) is 0 Å². The standard InChI is InChI=1S/C78H137NO3/c1-3-5-7-9-11-13-15-17-19-21-23-25-27-29-31-33-35-37-38-39-40-42-44-46-48-50-52-54-56-58-60-62-64-66-68-70-72-74-78(82)79-76(75-80)77(81)73-71-69-67-65-63-61-59-57-55-53-51-49-47-45-43-41-36-34-32-30-28-26-24-22-20-18-16-14-12-10-8-6-4-2/h5,7,11,13,17,19,23,25,29,31,35,37,39-40,55,57,63,65,71,73,76-77,80-81H,3-4,6,8-10,12,14-16,18,20-22,24,26-28,30,32-34,36,38,41-54,56,58-62,64,66-70,72,74-75H2,1-2H3,(H,79,82)/b7-5-,13-11-,19-17-,25-23-,31-29-,37-35-,40-39-,57-55+,65-63+,73-71+. The topological polar surface area (TPSA) is 69.6 Å². The van der Waals surface area contributed by atoms with Crippen LogP contribution < -0.4 is 5.32 Å². The third-order valence-electron chi connectivity index (χ3n) is 15.9. The van der Waals surface area contributed by atoms with Crippen molar-refractivity contribution in [2.45, 2.75) is 360 Å². The van der Waals surface area contributed by atoms with Gasteiger partial charge in [-0.3, -0.25) is 4.79 Å². The van der Waals surface area contributed by atoms with Gasteiger partial charge in [0.1, 0.15) is 0 Å². The molecule has 0 fully saturated rings. The number of amides is 1. The fourth-order valence-corrected chi connectivity index (χ4v) is 10.5. The van der Waals surface area contributed by atoms with Gasteiger partial charge in [-0.1, -0.05) is 360 Å². The van der Waals surface area contributed by atoms with E-state index in [9.17, 15) is 15.0 Å². The van der Waals surface area contributed by atoms with Crippen molar-refractivity contribution < 1.29 is 15.0 Å². The van der Waals surface area contributed by atoms with Gasteiger partial charge in [0.2, 0.25) is 5.91 Å². The smallest absolute Gasteiger partial charge is 0.220 e. The Hall–Kier alpha value is -3.21. The van der Waals surface area contributed by atoms with Crippen molar-refractivity contribution in [3.8, 4) is 0 Å². The Bertz CT molecular complexity index is 1570. The van der Waals surface area contributed by atoms with E-state index in [0.29, 0.717) is 6.42 Å². The van der Waals surface area contributed by atoms with Crippen molar-refractivity contribution in [3.63, 3.8) is 0 Å². The number of nitrogens with one attached hydrogen (secondary N) is 1. The molecule has 2 atom stereocenters. The van der Waals surface area contributed by atoms with Gasteiger partial charge in [-0.15, -0.1) is 0 Å². The maximum atomic E-state index is 12.5. The molecule has 82 heavy (non-hydrogen) atoms. The quantitative estimate of drug-likeness (QED) is 0.0420. The average molecular weight is 1140 g/mol. The lowest BCUT2D eigenvalue weighted by molar-refractivity contribution is -0.123. The Labute approximate surface area is 511 Å². The molecular weight excluding hydrogens is 999 g/mol. The Kier molecular flexibility index (Phi) is 69.2. The van der Waals surface area contributed by atoms with Crippen LogP contribution >= 0.6 is 0 Å². The molecule has 0 aromatic rings. The first-order valence-electron chi connectivity index (χ1n) is 35.7. The lowest BCUT2D eigenvalue weighted by Crippen LogP contribution is -2.45. The Balaban J connectivity index is 3.54. The summed E-state index contributed by atoms with van der Waals surface area (Å²) < 4.78 is 0. The summed E-state index contributed by atoms with van der Waals surface area (Å²) in [6.07, 6.45) is 110. The number of hydrogen-bond acceptors (Lipinski definition) is 3. The molecule has 0 aliphatic heterocycles. The molecule has 1 amide bonds. The number of rotatable bonds is 65. The summed E-state index contributed by atoms with van der Waals surface area (Å²) in [6, 6.07) is -0.655. The molecule has 472 valence electrons. The van der Waals surface area contributed by atoms with E-state index in [2.05, 4.69) is 129 Å². The number of carbonyl (C=O) groups is 1. The molecule has 0 aromatic carbocycles. The van der Waals surface area contributed by atoms with E-state index in [1.165, 1.54) is 244 Å². The van der Waals surface area contributed by atoms with Gasteiger partial charge in [-0.05, 0) is 103 Å². The molecule has 4 nitrogen and oxygen atoms in total. The van der Waals surface area contributed by atoms with Crippen LogP contribution in [0.2, 0.25) is 0 Å². The van der Waals surface area contributed by atoms with E-state index in [-0.39, 0.29) is 12.5 Å². The van der Waals surface area contributed by atoms with Gasteiger partial charge < -0.3 is 15.5 Å². The van der Waals surface area contributed by atoms with E-state index in [4.69, 9.17) is 0 Å². The van der Waals surface area contributed by atoms with Crippen molar-refractivity contribution in [3.05, 3.63) is 122 Å². The second kappa shape index (κ2) is 72.1. The van der Waals surface area contributed by atoms with Crippen molar-refractivity contribution in [2.24, 2.45) is 0 Å². The summed E-state index contributed by atoms with van der Waals surface area (Å²) in [6.45, 7) is 4.20. The monoisotopic (exact) mass is 1140 g/mol. The second-order valence-electron chi connectivity index (χ2n) is 23.9. The van der Waals surface area contributed by atoms with Crippen LogP contribution in [0.15, 0.2) is 122 Å². The minimum Gasteiger partial charge on any atom is -0.394 e. The van der Waals surface area contributed by atoms with Crippen molar-refractivity contribution in [1.29, 1.82) is 0 Å². The van der Waals surface area contributed by atoms with Gasteiger partial charge >= 0.3 is 0 Å². The molecular formula is C78H137NO3. The summed E-state index contributed by atoms with van der Waals surface area (Å²) in [5.41, 5.74) is 0. The van der Waals surface area contributed by atoms with Crippen LogP contribution in [0, 0.1) is 0 Å². The van der Waals surface area contributed by atoms with Crippen molar-refractivity contribution >= 4 is 5.91 Å². The van der Waals surface area contributed by atoms with E-state index < -0.39 is 12.1 Å². The molecule has 0 bridgehead atoms. The summed E-state index contributed by atoms with van der Waals surface area (Å²) in [5.74, 6) is -0.0785. The molecule has 0 saturated heterocycles. The molecule has 0 heterocycles. The summed E-state index contributed by atoms with van der Waals surface area (Å²) >= 11 is 0. The van der Waals surface area contributed by atoms with Gasteiger partial charge in [-0.2, -0.15) is 0 Å². The molecule has 0 radical (unpaired) electrons. The zero-order chi connectivity index (χ0) is 59.1. The SMILES string of the molecule is CC/C=C\C/C=C\C/C=C\C/C=C\C/C=C\C/C=C\C/C=C\CCCCCCCCCCCCCCCCCC(=O)NC(CO)C(O)/C=C/CC/C=C/CC/C=C/CCCCCCCCCCCCCCCCCCCCCCCCC. The molecule has 0 aliphatic rings. The average Bonchev–Trinajstić information content (AvgIpc) is 3.50. The predicted molar refractivity (Wildman–Crippen MR) is 368 cm³/mol. The Morgan fingerprint density at radius 3 is 0.854 bits per heavy atom. The van der Waals surface area contributed by atoms with Crippen LogP contribution in [0.1, 0.15) is 348 Å². The lowest BCUT2D eigenvalue weighted by atomic mass is 10.0. The van der Waals surface area contributed by atoms with Crippen LogP contribution in [0.4, 0.5) is 0 Å². The largest absolute Gasteiger partial charge is 0.394 e. The third-order valence-corrected chi connectivity index (χ3v) is 15.9. The number of allylic oxidation sites excluding steroid dienone is 19. The van der Waals surface area contributed by atoms with E-state index in [1.807, 2.05) is 6.08 Å². The highest BCUT2D eigenvalue weighted by Crippen LogP contribution is 2.18. The lowest BCUT2D eigenvalue weighted by Gasteiger charge is -2.19. The Morgan fingerprint density at radius 1 is 0.305 bits per heavy atom. The van der Waals surface area contributed by atoms with Crippen LogP contribution in [0.5, 0.6) is 0 Å². The van der Waals surface area contributed by atoms with Gasteiger partial charge in [0, 0.05) is 6.42 Å². The highest BCUT2D eigenvalue weighted by molar-refractivity contribution is 5.76. The third kappa shape index (κ3) is 67.6. The summed E-state index contributed by atoms with van der Waals surface area (Å²) in [4.78, 5) is 12.5. The molecule has 0 saturated carbocycles. The zero-order valence-corrected chi connectivity index (χ0v) is 54.5. The fraction of sp³-hybridized carbons (Fsp3) is 0.731. The zero-order valence-electron chi connectivity index (χ0n) is 54.5. The molecule has 2 unspecified atom stereocenters. The maximum absolute atomic E-state index is 12.5. The minimum atomic E-state index is -0.879. The van der Waals surface area contributed by atoms with Gasteiger partial charge in [0.25, 0.3) is 0 Å². The summed E-state index contributed by atoms with van der Waals surface area (Å²) in [5, 5.41) is 23.3. The second-order valence-corrected chi connectivity index (χ2v) is 23.9. The first kappa shape index (κ1) is 78.8. The number of carbonyl (C=O) groups excluding carboxylic acids is 1. The molecule has 0 aromatic heterocycles. The first-order valence-corrected chi connectivity index (χ1v) is 35.7. The summed E-state index contributed by atoms with van der Waals surface area (Å²) in [7, 11) is 0. The highest BCUT2D eigenvalue weighted by atomic mass is 16.3. The van der Waals surface area contributed by atoms with Crippen LogP contribution in [-0.4, -0.2) is 34.9 Å². The van der Waals surface area contributed by atoms with Crippen LogP contribution in [0.25, 0.3) is 0 Å². The number of hydrogen-bond donors (Lipinski definition) is 3. The van der Waals surface area contributed by atoms with Crippen LogP contribution in [-0.2, 0) is 4.79 Å². The normalized spacial score (nSPS) is 13.5. The van der Waals surface area contributed by atoms with Gasteiger partial charge in [0.05, 0.1) is 18.8 Å². The Morgan fingerprint density at radius 2 is 0.549 bits per heavy atom. The highest BCUT2D eigenvalue weighted by Gasteiger charge is 2.18. The van der Waals surface area contributed by atoms with E-state index in [0.717, 1.165) is 83.5 Å². The molecule has 0 spiro atoms. The van der Waals surface area contributed by atoms with Gasteiger partial charge in [-0.25, -0.2) is 0 Å². The fourth-order valence-electron chi connectivity index (χ4n) is 10.5. The first-order chi connectivity index (χ1) is 40.7. The molecule has 0 aliphatic carbocycles. The van der Waals surface area contributed by atoms with Crippen molar-refractivity contribution in [1.82, 2.24) is 5.32 Å². The minimum absolute atomic E-state index is 0.0785. The number of aliphatic hydroxyl groups is 2. The van der Waals surface area contributed by atoms with Gasteiger partial charge in [0.15, 0.2) is 0 Å². The molecule has 0 rings (SSSR count).